The van der Waals surface area contributed by atoms with Gasteiger partial charge in [-0.3, -0.25) is 9.78 Å². The van der Waals surface area contributed by atoms with Crippen molar-refractivity contribution in [2.45, 2.75) is 77.2 Å². The predicted octanol–water partition coefficient (Wildman–Crippen LogP) is 5.75. The second-order valence-electron chi connectivity index (χ2n) is 11.7. The lowest BCUT2D eigenvalue weighted by Crippen LogP contribution is -2.59. The molecule has 186 valence electrons. The van der Waals surface area contributed by atoms with Gasteiger partial charge in [-0.15, -0.1) is 0 Å². The number of nitrogens with zero attached hydrogens (tertiary/aromatic N) is 2. The zero-order valence-corrected chi connectivity index (χ0v) is 21.8. The molecule has 0 aliphatic carbocycles. The van der Waals surface area contributed by atoms with Gasteiger partial charge in [0, 0.05) is 46.7 Å². The van der Waals surface area contributed by atoms with E-state index in [4.69, 9.17) is 0 Å². The molecule has 2 N–H and O–H groups in total. The molecule has 5 heteroatoms. The number of ketones is 1. The summed E-state index contributed by atoms with van der Waals surface area (Å²) >= 11 is 0. The van der Waals surface area contributed by atoms with Crippen molar-refractivity contribution >= 4 is 16.7 Å². The van der Waals surface area contributed by atoms with Gasteiger partial charge in [-0.05, 0) is 100 Å². The maximum atomic E-state index is 13.5. The summed E-state index contributed by atoms with van der Waals surface area (Å²) in [5.74, 6) is 0.865. The first-order chi connectivity index (χ1) is 16.6. The number of benzene rings is 1. The Kier molecular flexibility index (Phi) is 6.13. The molecule has 3 fully saturated rings. The van der Waals surface area contributed by atoms with Crippen molar-refractivity contribution in [2.24, 2.45) is 5.92 Å². The summed E-state index contributed by atoms with van der Waals surface area (Å²) in [6, 6.07) is 10.6. The summed E-state index contributed by atoms with van der Waals surface area (Å²) in [5.41, 5.74) is 5.34. The molecule has 3 aliphatic rings. The SMILES string of the molecule is Cc1cc(-c2[nH]c3ccc(C(C)(C)C(=O)CCC4(O)CN5CCC4CC5)cc3c2C(C)C)ccn1. The molecule has 0 amide bonds. The van der Waals surface area contributed by atoms with Gasteiger partial charge in [0.2, 0.25) is 0 Å². The molecular formula is C30H39N3O2. The Morgan fingerprint density at radius 3 is 2.60 bits per heavy atom. The van der Waals surface area contributed by atoms with Gasteiger partial charge < -0.3 is 15.0 Å². The molecule has 2 bridgehead atoms. The van der Waals surface area contributed by atoms with Gasteiger partial charge in [-0.2, -0.15) is 0 Å². The first-order valence-electron chi connectivity index (χ1n) is 13.2. The molecule has 3 saturated heterocycles. The molecule has 35 heavy (non-hydrogen) atoms. The van der Waals surface area contributed by atoms with Crippen molar-refractivity contribution in [3.8, 4) is 11.3 Å². The maximum absolute atomic E-state index is 13.5. The van der Waals surface area contributed by atoms with E-state index >= 15 is 0 Å². The third-order valence-electron chi connectivity index (χ3n) is 8.65. The van der Waals surface area contributed by atoms with Crippen LogP contribution in [0.25, 0.3) is 22.2 Å². The Hall–Kier alpha value is -2.50. The van der Waals surface area contributed by atoms with E-state index in [1.165, 1.54) is 10.9 Å². The van der Waals surface area contributed by atoms with Gasteiger partial charge in [0.15, 0.2) is 0 Å². The molecule has 0 saturated carbocycles. The van der Waals surface area contributed by atoms with Crippen molar-refractivity contribution in [1.29, 1.82) is 0 Å². The van der Waals surface area contributed by atoms with E-state index in [-0.39, 0.29) is 5.78 Å². The number of Topliss-reactive ketones (excluding diaryl/α,β-unsaturated/α-hetero) is 1. The van der Waals surface area contributed by atoms with Crippen LogP contribution in [0, 0.1) is 12.8 Å². The lowest BCUT2D eigenvalue weighted by molar-refractivity contribution is -0.133. The van der Waals surface area contributed by atoms with E-state index in [0.717, 1.165) is 60.5 Å². The van der Waals surface area contributed by atoms with Crippen LogP contribution < -0.4 is 0 Å². The molecule has 1 unspecified atom stereocenters. The first-order valence-corrected chi connectivity index (χ1v) is 13.2. The number of aromatic nitrogens is 2. The highest BCUT2D eigenvalue weighted by molar-refractivity contribution is 5.95. The fourth-order valence-electron chi connectivity index (χ4n) is 6.36. The third-order valence-corrected chi connectivity index (χ3v) is 8.65. The highest BCUT2D eigenvalue weighted by Gasteiger charge is 2.45. The van der Waals surface area contributed by atoms with Crippen LogP contribution in [0.5, 0.6) is 0 Å². The normalized spacial score (nSPS) is 24.4. The molecule has 0 radical (unpaired) electrons. The molecule has 5 nitrogen and oxygen atoms in total. The quantitative estimate of drug-likeness (QED) is 0.459. The van der Waals surface area contributed by atoms with Crippen LogP contribution in [0.2, 0.25) is 0 Å². The number of aromatic amines is 1. The summed E-state index contributed by atoms with van der Waals surface area (Å²) in [7, 11) is 0. The fraction of sp³-hybridized carbons (Fsp3) is 0.533. The highest BCUT2D eigenvalue weighted by Crippen LogP contribution is 2.41. The average molecular weight is 474 g/mol. The topological polar surface area (TPSA) is 69.2 Å². The molecule has 6 rings (SSSR count). The molecular weight excluding hydrogens is 434 g/mol. The zero-order chi connectivity index (χ0) is 25.0. The molecule has 1 atom stereocenters. The van der Waals surface area contributed by atoms with Crippen molar-refractivity contribution in [1.82, 2.24) is 14.9 Å². The Morgan fingerprint density at radius 1 is 1.23 bits per heavy atom. The van der Waals surface area contributed by atoms with E-state index in [1.807, 2.05) is 27.0 Å². The van der Waals surface area contributed by atoms with Crippen LogP contribution in [0.3, 0.4) is 0 Å². The Bertz CT molecular complexity index is 1250. The molecule has 3 aliphatic heterocycles. The van der Waals surface area contributed by atoms with Crippen LogP contribution in [0.1, 0.15) is 76.1 Å². The summed E-state index contributed by atoms with van der Waals surface area (Å²) < 4.78 is 0. The number of H-pyrrole nitrogens is 1. The highest BCUT2D eigenvalue weighted by atomic mass is 16.3. The van der Waals surface area contributed by atoms with Crippen molar-refractivity contribution in [2.75, 3.05) is 19.6 Å². The smallest absolute Gasteiger partial charge is 0.142 e. The number of piperidine rings is 3. The fourth-order valence-corrected chi connectivity index (χ4v) is 6.36. The Labute approximate surface area is 209 Å². The monoisotopic (exact) mass is 473 g/mol. The van der Waals surface area contributed by atoms with E-state index in [2.05, 4.69) is 59.0 Å². The van der Waals surface area contributed by atoms with E-state index < -0.39 is 11.0 Å². The second-order valence-corrected chi connectivity index (χ2v) is 11.7. The molecule has 5 heterocycles. The van der Waals surface area contributed by atoms with Gasteiger partial charge in [0.1, 0.15) is 5.78 Å². The number of rotatable bonds is 7. The van der Waals surface area contributed by atoms with E-state index in [1.54, 1.807) is 0 Å². The molecule has 1 aromatic carbocycles. The second kappa shape index (κ2) is 8.86. The van der Waals surface area contributed by atoms with Crippen molar-refractivity contribution in [3.63, 3.8) is 0 Å². The predicted molar refractivity (Wildman–Crippen MR) is 142 cm³/mol. The van der Waals surface area contributed by atoms with Gasteiger partial charge in [-0.25, -0.2) is 0 Å². The van der Waals surface area contributed by atoms with Crippen LogP contribution in [-0.2, 0) is 10.2 Å². The number of carbonyl (C=O) groups is 1. The van der Waals surface area contributed by atoms with E-state index in [9.17, 15) is 9.90 Å². The van der Waals surface area contributed by atoms with Crippen LogP contribution in [0.4, 0.5) is 0 Å². The number of nitrogens with one attached hydrogen (secondary N) is 1. The van der Waals surface area contributed by atoms with Crippen LogP contribution in [0.15, 0.2) is 36.5 Å². The lowest BCUT2D eigenvalue weighted by atomic mass is 9.71. The Morgan fingerprint density at radius 2 is 1.97 bits per heavy atom. The first kappa shape index (κ1) is 24.2. The summed E-state index contributed by atoms with van der Waals surface area (Å²) in [5, 5.41) is 12.5. The van der Waals surface area contributed by atoms with Crippen LogP contribution in [-0.4, -0.2) is 51.0 Å². The standard InChI is InChI=1S/C30H39N3O2/c1-19(2)27-24-17-23(6-7-25(24)32-28(27)21-9-13-31-20(3)16-21)29(4,5)26(34)8-12-30(35)18-33-14-10-22(30)11-15-33/h6-7,9,13,16-17,19,22,32,35H,8,10-12,14-15,18H2,1-5H3. The summed E-state index contributed by atoms with van der Waals surface area (Å²) in [4.78, 5) is 23.9. The number of pyridine rings is 1. The summed E-state index contributed by atoms with van der Waals surface area (Å²) in [6.07, 6.45) is 4.94. The average Bonchev–Trinajstić information content (AvgIpc) is 3.22. The van der Waals surface area contributed by atoms with Crippen LogP contribution >= 0.6 is 0 Å². The molecule has 3 aromatic rings. The molecule has 0 spiro atoms. The van der Waals surface area contributed by atoms with Gasteiger partial charge in [0.25, 0.3) is 0 Å². The third kappa shape index (κ3) is 4.34. The van der Waals surface area contributed by atoms with Gasteiger partial charge in [0.05, 0.1) is 11.3 Å². The minimum atomic E-state index is -0.713. The number of aliphatic hydroxyl groups is 1. The molecule has 2 aromatic heterocycles. The zero-order valence-electron chi connectivity index (χ0n) is 21.8. The van der Waals surface area contributed by atoms with Gasteiger partial charge >= 0.3 is 0 Å². The maximum Gasteiger partial charge on any atom is 0.142 e. The van der Waals surface area contributed by atoms with Crippen molar-refractivity contribution in [3.05, 3.63) is 53.3 Å². The summed E-state index contributed by atoms with van der Waals surface area (Å²) in [6.45, 7) is 13.4. The number of hydrogen-bond donors (Lipinski definition) is 2. The van der Waals surface area contributed by atoms with Gasteiger partial charge in [-0.1, -0.05) is 19.9 Å². The number of aryl methyl sites for hydroxylation is 1. The number of fused-ring (bicyclic) bond motifs is 4. The lowest BCUT2D eigenvalue weighted by Gasteiger charge is -2.50. The Balaban J connectivity index is 1.43. The van der Waals surface area contributed by atoms with E-state index in [0.29, 0.717) is 24.7 Å². The minimum absolute atomic E-state index is 0.202. The number of hydrogen-bond acceptors (Lipinski definition) is 4. The minimum Gasteiger partial charge on any atom is -0.388 e. The largest absolute Gasteiger partial charge is 0.388 e. The van der Waals surface area contributed by atoms with Crippen molar-refractivity contribution < 1.29 is 9.90 Å². The number of carbonyl (C=O) groups excluding carboxylic acids is 1.